The Kier molecular flexibility index (Phi) is 3.79. The summed E-state index contributed by atoms with van der Waals surface area (Å²) in [5.74, 6) is 0.231. The Bertz CT molecular complexity index is 751. The molecule has 21 heavy (non-hydrogen) atoms. The van der Waals surface area contributed by atoms with E-state index in [0.717, 1.165) is 21.0 Å². The normalized spacial score (nSPS) is 10.3. The van der Waals surface area contributed by atoms with Crippen LogP contribution in [0.3, 0.4) is 0 Å². The summed E-state index contributed by atoms with van der Waals surface area (Å²) < 4.78 is 5.33. The maximum absolute atomic E-state index is 11.3. The molecular formula is C17H13NO2S. The third-order valence-corrected chi connectivity index (χ3v) is 4.10. The zero-order chi connectivity index (χ0) is 14.7. The van der Waals surface area contributed by atoms with Crippen LogP contribution in [0.5, 0.6) is 5.75 Å². The van der Waals surface area contributed by atoms with Gasteiger partial charge in [0.15, 0.2) is 5.75 Å². The number of rotatable bonds is 3. The first-order valence-corrected chi connectivity index (χ1v) is 7.35. The molecule has 0 saturated carbocycles. The van der Waals surface area contributed by atoms with Gasteiger partial charge in [-0.2, -0.15) is 0 Å². The van der Waals surface area contributed by atoms with Gasteiger partial charge in [0.05, 0.1) is 10.6 Å². The van der Waals surface area contributed by atoms with Crippen LogP contribution in [0, 0.1) is 0 Å². The second kappa shape index (κ2) is 5.89. The van der Waals surface area contributed by atoms with Gasteiger partial charge in [-0.15, -0.1) is 11.3 Å². The molecule has 3 aromatic rings. The maximum atomic E-state index is 11.3. The van der Waals surface area contributed by atoms with E-state index in [0.29, 0.717) is 5.75 Å². The zero-order valence-electron chi connectivity index (χ0n) is 11.4. The third-order valence-electron chi connectivity index (χ3n) is 2.91. The Labute approximate surface area is 126 Å². The zero-order valence-corrected chi connectivity index (χ0v) is 12.3. The second-order valence-corrected chi connectivity index (χ2v) is 5.53. The predicted molar refractivity (Wildman–Crippen MR) is 84.3 cm³/mol. The lowest BCUT2D eigenvalue weighted by atomic mass is 10.2. The van der Waals surface area contributed by atoms with E-state index >= 15 is 0 Å². The molecule has 0 aliphatic rings. The number of benzene rings is 1. The van der Waals surface area contributed by atoms with Crippen LogP contribution in [-0.4, -0.2) is 11.0 Å². The number of hydrogen-bond donors (Lipinski definition) is 0. The van der Waals surface area contributed by atoms with Crippen molar-refractivity contribution in [1.82, 2.24) is 4.98 Å². The molecule has 0 aliphatic heterocycles. The van der Waals surface area contributed by atoms with Gasteiger partial charge in [-0.25, -0.2) is 0 Å². The van der Waals surface area contributed by atoms with Crippen molar-refractivity contribution in [3.8, 4) is 26.8 Å². The number of thiophene rings is 1. The van der Waals surface area contributed by atoms with E-state index in [1.54, 1.807) is 17.5 Å². The van der Waals surface area contributed by atoms with Crippen LogP contribution in [0.2, 0.25) is 0 Å². The minimum atomic E-state index is -0.329. The smallest absolute Gasteiger partial charge is 0.308 e. The number of esters is 1. The first-order chi connectivity index (χ1) is 10.2. The number of pyridine rings is 1. The van der Waals surface area contributed by atoms with Crippen LogP contribution in [0.1, 0.15) is 6.92 Å². The van der Waals surface area contributed by atoms with Gasteiger partial charge in [0.2, 0.25) is 0 Å². The maximum Gasteiger partial charge on any atom is 0.308 e. The van der Waals surface area contributed by atoms with Crippen molar-refractivity contribution in [2.45, 2.75) is 6.92 Å². The fraction of sp³-hybridized carbons (Fsp3) is 0.0588. The molecule has 0 fully saturated rings. The molecule has 0 spiro atoms. The van der Waals surface area contributed by atoms with Gasteiger partial charge in [-0.05, 0) is 17.7 Å². The molecule has 0 saturated heterocycles. The Morgan fingerprint density at radius 1 is 1.10 bits per heavy atom. The summed E-state index contributed by atoms with van der Waals surface area (Å²) in [4.78, 5) is 17.6. The highest BCUT2D eigenvalue weighted by Crippen LogP contribution is 2.42. The summed E-state index contributed by atoms with van der Waals surface area (Å²) in [6.07, 6.45) is 1.73. The van der Waals surface area contributed by atoms with Gasteiger partial charge in [0.1, 0.15) is 0 Å². The highest BCUT2D eigenvalue weighted by Gasteiger charge is 2.15. The Morgan fingerprint density at radius 3 is 2.52 bits per heavy atom. The van der Waals surface area contributed by atoms with E-state index in [-0.39, 0.29) is 5.97 Å². The van der Waals surface area contributed by atoms with Gasteiger partial charge in [-0.3, -0.25) is 9.78 Å². The number of carbonyl (C=O) groups is 1. The number of hydrogen-bond acceptors (Lipinski definition) is 4. The molecule has 0 bridgehead atoms. The van der Waals surface area contributed by atoms with Crippen molar-refractivity contribution < 1.29 is 9.53 Å². The number of carbonyl (C=O) groups excluding carboxylic acids is 1. The second-order valence-electron chi connectivity index (χ2n) is 4.48. The van der Waals surface area contributed by atoms with Gasteiger partial charge < -0.3 is 4.74 Å². The minimum Gasteiger partial charge on any atom is -0.425 e. The minimum absolute atomic E-state index is 0.329. The summed E-state index contributed by atoms with van der Waals surface area (Å²) in [5.41, 5.74) is 1.90. The van der Waals surface area contributed by atoms with Gasteiger partial charge in [0.25, 0.3) is 0 Å². The number of aromatic nitrogens is 1. The summed E-state index contributed by atoms with van der Waals surface area (Å²) in [5, 5.41) is 0. The number of ether oxygens (including phenoxy) is 1. The lowest BCUT2D eigenvalue weighted by molar-refractivity contribution is -0.131. The standard InChI is InChI=1S/C17H13NO2S/c1-12(19)20-15-11-16(13-7-3-2-4-8-13)21-17(15)14-9-5-6-10-18-14/h2-11H,1H3. The van der Waals surface area contributed by atoms with Crippen molar-refractivity contribution in [2.75, 3.05) is 0 Å². The first-order valence-electron chi connectivity index (χ1n) is 6.53. The van der Waals surface area contributed by atoms with E-state index in [2.05, 4.69) is 4.98 Å². The fourth-order valence-corrected chi connectivity index (χ4v) is 3.09. The average Bonchev–Trinajstić information content (AvgIpc) is 2.92. The van der Waals surface area contributed by atoms with Crippen molar-refractivity contribution >= 4 is 17.3 Å². The largest absolute Gasteiger partial charge is 0.425 e. The summed E-state index contributed by atoms with van der Waals surface area (Å²) >= 11 is 1.57. The van der Waals surface area contributed by atoms with Crippen molar-refractivity contribution in [1.29, 1.82) is 0 Å². The molecule has 1 aromatic carbocycles. The lowest BCUT2D eigenvalue weighted by Crippen LogP contribution is -2.01. The first kappa shape index (κ1) is 13.5. The Morgan fingerprint density at radius 2 is 1.86 bits per heavy atom. The summed E-state index contributed by atoms with van der Waals surface area (Å²) in [7, 11) is 0. The highest BCUT2D eigenvalue weighted by atomic mass is 32.1. The van der Waals surface area contributed by atoms with Crippen molar-refractivity contribution in [2.24, 2.45) is 0 Å². The van der Waals surface area contributed by atoms with E-state index in [1.165, 1.54) is 6.92 Å². The quantitative estimate of drug-likeness (QED) is 0.672. The van der Waals surface area contributed by atoms with E-state index in [4.69, 9.17) is 4.74 Å². The molecule has 2 aromatic heterocycles. The lowest BCUT2D eigenvalue weighted by Gasteiger charge is -2.01. The molecule has 0 atom stereocenters. The topological polar surface area (TPSA) is 39.2 Å². The molecule has 0 aliphatic carbocycles. The molecule has 0 amide bonds. The molecular weight excluding hydrogens is 282 g/mol. The Balaban J connectivity index is 2.10. The van der Waals surface area contributed by atoms with Gasteiger partial charge in [-0.1, -0.05) is 36.4 Å². The summed E-state index contributed by atoms with van der Waals surface area (Å²) in [6, 6.07) is 17.6. The predicted octanol–water partition coefficient (Wildman–Crippen LogP) is 4.40. The fourth-order valence-electron chi connectivity index (χ4n) is 2.03. The third kappa shape index (κ3) is 3.01. The van der Waals surface area contributed by atoms with Crippen molar-refractivity contribution in [3.05, 3.63) is 60.8 Å². The van der Waals surface area contributed by atoms with Crippen LogP contribution in [0.15, 0.2) is 60.8 Å². The van der Waals surface area contributed by atoms with E-state index < -0.39 is 0 Å². The average molecular weight is 295 g/mol. The molecule has 2 heterocycles. The molecule has 3 rings (SSSR count). The SMILES string of the molecule is CC(=O)Oc1cc(-c2ccccc2)sc1-c1ccccn1. The molecule has 104 valence electrons. The number of nitrogens with zero attached hydrogens (tertiary/aromatic N) is 1. The molecule has 0 unspecified atom stereocenters. The van der Waals surface area contributed by atoms with Crippen LogP contribution in [-0.2, 0) is 4.79 Å². The molecule has 0 N–H and O–H groups in total. The van der Waals surface area contributed by atoms with Crippen molar-refractivity contribution in [3.63, 3.8) is 0 Å². The Hall–Kier alpha value is -2.46. The van der Waals surface area contributed by atoms with Crippen LogP contribution in [0.25, 0.3) is 21.0 Å². The van der Waals surface area contributed by atoms with Crippen LogP contribution in [0.4, 0.5) is 0 Å². The van der Waals surface area contributed by atoms with Gasteiger partial charge >= 0.3 is 5.97 Å². The highest BCUT2D eigenvalue weighted by molar-refractivity contribution is 7.19. The van der Waals surface area contributed by atoms with Crippen LogP contribution < -0.4 is 4.74 Å². The van der Waals surface area contributed by atoms with Gasteiger partial charge in [0, 0.05) is 24.1 Å². The molecule has 4 heteroatoms. The molecule has 0 radical (unpaired) electrons. The van der Waals surface area contributed by atoms with Crippen LogP contribution >= 0.6 is 11.3 Å². The summed E-state index contributed by atoms with van der Waals surface area (Å²) in [6.45, 7) is 1.40. The monoisotopic (exact) mass is 295 g/mol. The van der Waals surface area contributed by atoms with E-state index in [9.17, 15) is 4.79 Å². The van der Waals surface area contributed by atoms with E-state index in [1.807, 2.05) is 54.6 Å². The molecule has 3 nitrogen and oxygen atoms in total.